The highest BCUT2D eigenvalue weighted by molar-refractivity contribution is 7.99. The average molecular weight is 410 g/mol. The van der Waals surface area contributed by atoms with Gasteiger partial charge >= 0.3 is 0 Å². The molecule has 144 valence electrons. The second-order valence-electron chi connectivity index (χ2n) is 6.57. The van der Waals surface area contributed by atoms with Crippen LogP contribution in [0.5, 0.6) is 0 Å². The van der Waals surface area contributed by atoms with Crippen LogP contribution in [0.2, 0.25) is 0 Å². The van der Waals surface area contributed by atoms with Crippen LogP contribution in [0.1, 0.15) is 11.1 Å². The highest BCUT2D eigenvalue weighted by Crippen LogP contribution is 2.40. The third-order valence-corrected chi connectivity index (χ3v) is 5.76. The molecule has 0 radical (unpaired) electrons. The van der Waals surface area contributed by atoms with Gasteiger partial charge in [0.05, 0.1) is 28.0 Å². The minimum absolute atomic E-state index is 0.0582. The van der Waals surface area contributed by atoms with Crippen LogP contribution in [-0.2, 0) is 6.54 Å². The van der Waals surface area contributed by atoms with Gasteiger partial charge < -0.3 is 4.57 Å². The first kappa shape index (κ1) is 19.3. The second-order valence-corrected chi connectivity index (χ2v) is 7.66. The number of hydrogen-bond donors (Lipinski definition) is 0. The predicted molar refractivity (Wildman–Crippen MR) is 116 cm³/mol. The largest absolute Gasteiger partial charge is 0.343 e. The van der Waals surface area contributed by atoms with Gasteiger partial charge in [0.2, 0.25) is 0 Å². The lowest BCUT2D eigenvalue weighted by atomic mass is 10.1. The molecule has 0 unspecified atom stereocenters. The van der Waals surface area contributed by atoms with E-state index in [1.807, 2.05) is 41.1 Å². The third-order valence-electron chi connectivity index (χ3n) is 4.65. The molecule has 7 heteroatoms. The van der Waals surface area contributed by atoms with Crippen molar-refractivity contribution in [2.45, 2.75) is 16.3 Å². The number of nitriles is 1. The minimum Gasteiger partial charge on any atom is -0.343 e. The van der Waals surface area contributed by atoms with Gasteiger partial charge in [0, 0.05) is 34.6 Å². The molecule has 0 atom stereocenters. The van der Waals surface area contributed by atoms with Crippen LogP contribution in [-0.4, -0.2) is 9.49 Å². The number of rotatable bonds is 5. The summed E-state index contributed by atoms with van der Waals surface area (Å²) in [5.41, 5.74) is 2.99. The van der Waals surface area contributed by atoms with Crippen molar-refractivity contribution in [3.05, 3.63) is 106 Å². The fraction of sp³-hybridized carbons (Fsp3) is 0.0435. The summed E-state index contributed by atoms with van der Waals surface area (Å²) in [4.78, 5) is 16.0. The van der Waals surface area contributed by atoms with Gasteiger partial charge in [-0.1, -0.05) is 48.2 Å². The molecule has 30 heavy (non-hydrogen) atoms. The summed E-state index contributed by atoms with van der Waals surface area (Å²) < 4.78 is 2.01. The first-order chi connectivity index (χ1) is 14.6. The first-order valence-electron chi connectivity index (χ1n) is 8.99. The lowest BCUT2D eigenvalue weighted by molar-refractivity contribution is -0.387. The number of nitro groups is 1. The van der Waals surface area contributed by atoms with E-state index in [9.17, 15) is 10.1 Å². The van der Waals surface area contributed by atoms with E-state index in [4.69, 9.17) is 11.8 Å². The maximum Gasteiger partial charge on any atom is 0.283 e. The molecule has 0 N–H and O–H groups in total. The summed E-state index contributed by atoms with van der Waals surface area (Å²) in [5, 5.41) is 21.5. The summed E-state index contributed by atoms with van der Waals surface area (Å²) in [7, 11) is 0. The fourth-order valence-electron chi connectivity index (χ4n) is 3.28. The third kappa shape index (κ3) is 3.75. The Balaban J connectivity index is 1.81. The zero-order chi connectivity index (χ0) is 21.1. The molecule has 0 saturated carbocycles. The molecule has 1 aromatic heterocycles. The average Bonchev–Trinajstić information content (AvgIpc) is 3.10. The number of fused-ring (bicyclic) bond motifs is 1. The van der Waals surface area contributed by atoms with Crippen molar-refractivity contribution >= 4 is 34.0 Å². The van der Waals surface area contributed by atoms with Crippen molar-refractivity contribution in [1.29, 1.82) is 5.26 Å². The van der Waals surface area contributed by atoms with Gasteiger partial charge in [-0.2, -0.15) is 5.26 Å². The summed E-state index contributed by atoms with van der Waals surface area (Å²) >= 11 is 1.33. The molecule has 0 aliphatic carbocycles. The first-order valence-corrected chi connectivity index (χ1v) is 9.81. The summed E-state index contributed by atoms with van der Waals surface area (Å²) in [6.45, 7) is 7.84. The Bertz CT molecular complexity index is 1360. The summed E-state index contributed by atoms with van der Waals surface area (Å²) in [6.07, 6.45) is 1.94. The Hall–Kier alpha value is -4.07. The lowest BCUT2D eigenvalue weighted by Gasteiger charge is -2.06. The van der Waals surface area contributed by atoms with E-state index in [1.54, 1.807) is 30.3 Å². The zero-order valence-corrected chi connectivity index (χ0v) is 16.5. The summed E-state index contributed by atoms with van der Waals surface area (Å²) in [6, 6.07) is 21.6. The number of aromatic nitrogens is 1. The Morgan fingerprint density at radius 1 is 1.10 bits per heavy atom. The van der Waals surface area contributed by atoms with Crippen molar-refractivity contribution in [2.24, 2.45) is 0 Å². The Labute approximate surface area is 177 Å². The predicted octanol–water partition coefficient (Wildman–Crippen LogP) is 6.17. The molecule has 4 aromatic rings. The molecule has 0 aliphatic rings. The molecular formula is C23H14N4O2S. The number of para-hydroxylation sites is 1. The van der Waals surface area contributed by atoms with Gasteiger partial charge in [0.15, 0.2) is 5.69 Å². The topological polar surface area (TPSA) is 76.2 Å². The van der Waals surface area contributed by atoms with Crippen LogP contribution < -0.4 is 0 Å². The minimum atomic E-state index is -0.383. The molecule has 0 aliphatic heterocycles. The van der Waals surface area contributed by atoms with E-state index in [0.29, 0.717) is 22.7 Å². The number of nitrogens with zero attached hydrogens (tertiary/aromatic N) is 4. The van der Waals surface area contributed by atoms with Gasteiger partial charge in [-0.25, -0.2) is 4.85 Å². The summed E-state index contributed by atoms with van der Waals surface area (Å²) in [5.74, 6) is 0. The van der Waals surface area contributed by atoms with Gasteiger partial charge in [0.25, 0.3) is 5.69 Å². The van der Waals surface area contributed by atoms with Gasteiger partial charge in [0.1, 0.15) is 0 Å². The van der Waals surface area contributed by atoms with Crippen LogP contribution in [0.3, 0.4) is 0 Å². The van der Waals surface area contributed by atoms with E-state index in [0.717, 1.165) is 21.4 Å². The molecule has 6 nitrogen and oxygen atoms in total. The monoisotopic (exact) mass is 410 g/mol. The number of nitro benzene ring substituents is 1. The highest BCUT2D eigenvalue weighted by atomic mass is 32.2. The standard InChI is InChI=1S/C23H14N4O2S/c1-25-18-9-10-19-21(12-18)26(14-17-6-4-5-16(11-17)13-24)15-23(19)30-22-8-3-2-7-20(22)27(28)29/h2-12,15H,14H2. The number of benzene rings is 3. The molecule has 0 amide bonds. The van der Waals surface area contributed by atoms with Crippen LogP contribution in [0.15, 0.2) is 82.7 Å². The maximum atomic E-state index is 11.4. The SMILES string of the molecule is [C-]#[N+]c1ccc2c(Sc3ccccc3[N+](=O)[O-])cn(Cc3cccc(C#N)c3)c2c1. The molecule has 0 spiro atoms. The molecule has 4 rings (SSSR count). The molecule has 0 saturated heterocycles. The highest BCUT2D eigenvalue weighted by Gasteiger charge is 2.17. The van der Waals surface area contributed by atoms with Crippen molar-refractivity contribution in [2.75, 3.05) is 0 Å². The van der Waals surface area contributed by atoms with Gasteiger partial charge in [-0.3, -0.25) is 10.1 Å². The molecular weight excluding hydrogens is 396 g/mol. The van der Waals surface area contributed by atoms with Gasteiger partial charge in [-0.05, 0) is 29.8 Å². The van der Waals surface area contributed by atoms with Crippen molar-refractivity contribution in [3.8, 4) is 6.07 Å². The van der Waals surface area contributed by atoms with Gasteiger partial charge in [-0.15, -0.1) is 0 Å². The van der Waals surface area contributed by atoms with Crippen molar-refractivity contribution < 1.29 is 4.92 Å². The van der Waals surface area contributed by atoms with Crippen LogP contribution in [0.4, 0.5) is 11.4 Å². The Kier molecular flexibility index (Phi) is 5.21. The molecule has 0 bridgehead atoms. The van der Waals surface area contributed by atoms with Crippen LogP contribution in [0, 0.1) is 28.0 Å². The lowest BCUT2D eigenvalue weighted by Crippen LogP contribution is -1.98. The number of hydrogen-bond acceptors (Lipinski definition) is 4. The molecule has 0 fully saturated rings. The van der Waals surface area contributed by atoms with Crippen molar-refractivity contribution in [1.82, 2.24) is 4.57 Å². The molecule has 1 heterocycles. The Morgan fingerprint density at radius 2 is 1.93 bits per heavy atom. The normalized spacial score (nSPS) is 10.5. The van der Waals surface area contributed by atoms with E-state index in [2.05, 4.69) is 10.9 Å². The molecule has 3 aromatic carbocycles. The van der Waals surface area contributed by atoms with Crippen LogP contribution in [0.25, 0.3) is 15.7 Å². The Morgan fingerprint density at radius 3 is 2.70 bits per heavy atom. The fourth-order valence-corrected chi connectivity index (χ4v) is 4.37. The smallest absolute Gasteiger partial charge is 0.283 e. The van der Waals surface area contributed by atoms with Crippen LogP contribution >= 0.6 is 11.8 Å². The van der Waals surface area contributed by atoms with E-state index in [-0.39, 0.29) is 10.6 Å². The zero-order valence-electron chi connectivity index (χ0n) is 15.6. The van der Waals surface area contributed by atoms with E-state index in [1.165, 1.54) is 17.8 Å². The van der Waals surface area contributed by atoms with Crippen molar-refractivity contribution in [3.63, 3.8) is 0 Å². The second kappa shape index (κ2) is 8.12. The quantitative estimate of drug-likeness (QED) is 0.224. The van der Waals surface area contributed by atoms with E-state index >= 15 is 0 Å². The van der Waals surface area contributed by atoms with E-state index < -0.39 is 0 Å². The maximum absolute atomic E-state index is 11.4.